The monoisotopic (exact) mass is 233 g/mol. The van der Waals surface area contributed by atoms with E-state index in [9.17, 15) is 0 Å². The third-order valence-corrected chi connectivity index (χ3v) is 3.92. The standard InChI is InChI=1S/C10H20BrN/c1-9(7-11)8-12(2)10-5-3-4-6-10/h9-10H,3-8H2,1-2H3. The molecular formula is C10H20BrN. The van der Waals surface area contributed by atoms with Gasteiger partial charge >= 0.3 is 0 Å². The van der Waals surface area contributed by atoms with Gasteiger partial charge in [0.2, 0.25) is 0 Å². The van der Waals surface area contributed by atoms with Crippen LogP contribution in [-0.4, -0.2) is 29.9 Å². The number of hydrogen-bond acceptors (Lipinski definition) is 1. The first-order valence-corrected chi connectivity index (χ1v) is 6.12. The second kappa shape index (κ2) is 5.23. The average Bonchev–Trinajstić information content (AvgIpc) is 2.56. The van der Waals surface area contributed by atoms with Gasteiger partial charge in [-0.3, -0.25) is 0 Å². The van der Waals surface area contributed by atoms with Gasteiger partial charge in [-0.05, 0) is 25.8 Å². The summed E-state index contributed by atoms with van der Waals surface area (Å²) in [5.41, 5.74) is 0. The molecule has 0 aliphatic heterocycles. The summed E-state index contributed by atoms with van der Waals surface area (Å²) in [6.07, 6.45) is 5.73. The van der Waals surface area contributed by atoms with Crippen LogP contribution >= 0.6 is 15.9 Å². The van der Waals surface area contributed by atoms with Crippen LogP contribution in [0.5, 0.6) is 0 Å². The van der Waals surface area contributed by atoms with Gasteiger partial charge in [-0.2, -0.15) is 0 Å². The van der Waals surface area contributed by atoms with Crippen molar-refractivity contribution in [2.45, 2.75) is 38.6 Å². The number of rotatable bonds is 4. The lowest BCUT2D eigenvalue weighted by atomic mass is 10.1. The molecule has 72 valence electrons. The Bertz CT molecular complexity index is 121. The molecule has 0 aromatic rings. The molecule has 0 aromatic carbocycles. The highest BCUT2D eigenvalue weighted by molar-refractivity contribution is 9.09. The Labute approximate surface area is 84.6 Å². The van der Waals surface area contributed by atoms with Crippen molar-refractivity contribution >= 4 is 15.9 Å². The van der Waals surface area contributed by atoms with Crippen molar-refractivity contribution in [2.75, 3.05) is 18.9 Å². The SMILES string of the molecule is CC(CBr)CN(C)C1CCCC1. The molecule has 0 saturated heterocycles. The third kappa shape index (κ3) is 3.06. The van der Waals surface area contributed by atoms with E-state index in [1.54, 1.807) is 0 Å². The molecule has 0 bridgehead atoms. The fraction of sp³-hybridized carbons (Fsp3) is 1.00. The van der Waals surface area contributed by atoms with Crippen LogP contribution < -0.4 is 0 Å². The topological polar surface area (TPSA) is 3.24 Å². The van der Waals surface area contributed by atoms with Crippen molar-refractivity contribution < 1.29 is 0 Å². The van der Waals surface area contributed by atoms with E-state index >= 15 is 0 Å². The maximum atomic E-state index is 3.53. The molecule has 0 N–H and O–H groups in total. The summed E-state index contributed by atoms with van der Waals surface area (Å²) in [6.45, 7) is 3.55. The maximum Gasteiger partial charge on any atom is 0.00923 e. The summed E-state index contributed by atoms with van der Waals surface area (Å²) in [4.78, 5) is 2.54. The molecule has 1 unspecified atom stereocenters. The van der Waals surface area contributed by atoms with Crippen molar-refractivity contribution in [2.24, 2.45) is 5.92 Å². The van der Waals surface area contributed by atoms with Crippen LogP contribution in [0.3, 0.4) is 0 Å². The molecule has 0 radical (unpaired) electrons. The second-order valence-corrected chi connectivity index (χ2v) is 4.78. The van der Waals surface area contributed by atoms with Gasteiger partial charge in [0.25, 0.3) is 0 Å². The molecule has 0 aromatic heterocycles. The molecular weight excluding hydrogens is 214 g/mol. The smallest absolute Gasteiger partial charge is 0.00923 e. The summed E-state index contributed by atoms with van der Waals surface area (Å²) >= 11 is 3.53. The first-order chi connectivity index (χ1) is 5.74. The summed E-state index contributed by atoms with van der Waals surface area (Å²) in [5.74, 6) is 0.788. The Balaban J connectivity index is 2.21. The van der Waals surface area contributed by atoms with Gasteiger partial charge in [0.1, 0.15) is 0 Å². The molecule has 1 atom stereocenters. The van der Waals surface area contributed by atoms with E-state index in [4.69, 9.17) is 0 Å². The fourth-order valence-corrected chi connectivity index (χ4v) is 2.24. The van der Waals surface area contributed by atoms with Crippen LogP contribution in [0.15, 0.2) is 0 Å². The maximum absolute atomic E-state index is 3.53. The highest BCUT2D eigenvalue weighted by atomic mass is 79.9. The molecule has 1 nitrogen and oxygen atoms in total. The fourth-order valence-electron chi connectivity index (χ4n) is 2.03. The Morgan fingerprint density at radius 1 is 1.42 bits per heavy atom. The first kappa shape index (κ1) is 10.5. The van der Waals surface area contributed by atoms with Crippen LogP contribution in [0.2, 0.25) is 0 Å². The molecule has 0 spiro atoms. The molecule has 1 aliphatic rings. The van der Waals surface area contributed by atoms with E-state index < -0.39 is 0 Å². The van der Waals surface area contributed by atoms with Crippen molar-refractivity contribution in [3.05, 3.63) is 0 Å². The van der Waals surface area contributed by atoms with Crippen LogP contribution in [0, 0.1) is 5.92 Å². The zero-order valence-corrected chi connectivity index (χ0v) is 9.81. The highest BCUT2D eigenvalue weighted by Gasteiger charge is 2.20. The van der Waals surface area contributed by atoms with Gasteiger partial charge in [0.05, 0.1) is 0 Å². The zero-order valence-electron chi connectivity index (χ0n) is 8.22. The van der Waals surface area contributed by atoms with Crippen molar-refractivity contribution in [1.82, 2.24) is 4.90 Å². The Morgan fingerprint density at radius 2 is 2.00 bits per heavy atom. The molecule has 1 rings (SSSR count). The lowest BCUT2D eigenvalue weighted by Crippen LogP contribution is -2.33. The lowest BCUT2D eigenvalue weighted by molar-refractivity contribution is 0.222. The quantitative estimate of drug-likeness (QED) is 0.676. The van der Waals surface area contributed by atoms with Crippen LogP contribution in [0.1, 0.15) is 32.6 Å². The van der Waals surface area contributed by atoms with Gasteiger partial charge < -0.3 is 4.90 Å². The normalized spacial score (nSPS) is 22.0. The number of hydrogen-bond donors (Lipinski definition) is 0. The Hall–Kier alpha value is 0.440. The minimum Gasteiger partial charge on any atom is -0.303 e. The van der Waals surface area contributed by atoms with E-state index in [0.717, 1.165) is 17.3 Å². The average molecular weight is 234 g/mol. The molecule has 0 amide bonds. The summed E-state index contributed by atoms with van der Waals surface area (Å²) in [7, 11) is 2.27. The van der Waals surface area contributed by atoms with Gasteiger partial charge in [-0.25, -0.2) is 0 Å². The molecule has 1 saturated carbocycles. The van der Waals surface area contributed by atoms with Crippen LogP contribution in [-0.2, 0) is 0 Å². The van der Waals surface area contributed by atoms with Crippen molar-refractivity contribution in [1.29, 1.82) is 0 Å². The van der Waals surface area contributed by atoms with Gasteiger partial charge in [0, 0.05) is 17.9 Å². The summed E-state index contributed by atoms with van der Waals surface area (Å²) in [6, 6.07) is 0.881. The highest BCUT2D eigenvalue weighted by Crippen LogP contribution is 2.22. The van der Waals surface area contributed by atoms with Crippen LogP contribution in [0.4, 0.5) is 0 Å². The van der Waals surface area contributed by atoms with Crippen LogP contribution in [0.25, 0.3) is 0 Å². The summed E-state index contributed by atoms with van der Waals surface area (Å²) in [5, 5.41) is 1.13. The second-order valence-electron chi connectivity index (χ2n) is 4.14. The zero-order chi connectivity index (χ0) is 8.97. The third-order valence-electron chi connectivity index (χ3n) is 2.81. The number of nitrogens with zero attached hydrogens (tertiary/aromatic N) is 1. The van der Waals surface area contributed by atoms with E-state index in [-0.39, 0.29) is 0 Å². The minimum absolute atomic E-state index is 0.788. The lowest BCUT2D eigenvalue weighted by Gasteiger charge is -2.26. The van der Waals surface area contributed by atoms with E-state index in [1.165, 1.54) is 32.2 Å². The molecule has 1 fully saturated rings. The Kier molecular flexibility index (Phi) is 4.59. The van der Waals surface area contributed by atoms with Crippen molar-refractivity contribution in [3.63, 3.8) is 0 Å². The predicted molar refractivity (Wildman–Crippen MR) is 57.8 cm³/mol. The van der Waals surface area contributed by atoms with Gasteiger partial charge in [-0.15, -0.1) is 0 Å². The predicted octanol–water partition coefficient (Wildman–Crippen LogP) is 2.89. The molecule has 0 heterocycles. The number of halogens is 1. The van der Waals surface area contributed by atoms with E-state index in [0.29, 0.717) is 0 Å². The Morgan fingerprint density at radius 3 is 2.50 bits per heavy atom. The van der Waals surface area contributed by atoms with Gasteiger partial charge in [-0.1, -0.05) is 35.7 Å². The van der Waals surface area contributed by atoms with Crippen molar-refractivity contribution in [3.8, 4) is 0 Å². The molecule has 1 aliphatic carbocycles. The van der Waals surface area contributed by atoms with Gasteiger partial charge in [0.15, 0.2) is 0 Å². The summed E-state index contributed by atoms with van der Waals surface area (Å²) < 4.78 is 0. The minimum atomic E-state index is 0.788. The largest absolute Gasteiger partial charge is 0.303 e. The van der Waals surface area contributed by atoms with E-state index in [2.05, 4.69) is 34.8 Å². The number of alkyl halides is 1. The molecule has 12 heavy (non-hydrogen) atoms. The molecule has 2 heteroatoms. The first-order valence-electron chi connectivity index (χ1n) is 5.00. The van der Waals surface area contributed by atoms with E-state index in [1.807, 2.05) is 0 Å².